The smallest absolute Gasteiger partial charge is 0.311 e. The second-order valence-electron chi connectivity index (χ2n) is 7.82. The third-order valence-corrected chi connectivity index (χ3v) is 7.66. The largest absolute Gasteiger partial charge is 0.466 e. The zero-order valence-corrected chi connectivity index (χ0v) is 17.3. The first-order valence-corrected chi connectivity index (χ1v) is 10.6. The Kier molecular flexibility index (Phi) is 3.90. The molecule has 8 heteroatoms. The number of anilines is 1. The molecule has 0 aliphatic heterocycles. The molecule has 6 saturated carbocycles. The van der Waals surface area contributed by atoms with Crippen molar-refractivity contribution < 1.29 is 9.53 Å². The number of hydrogen-bond acceptors (Lipinski definition) is 5. The number of carbonyl (C=O) groups excluding carboxylic acids is 1. The van der Waals surface area contributed by atoms with E-state index in [4.69, 9.17) is 16.3 Å². The van der Waals surface area contributed by atoms with Gasteiger partial charge in [0.05, 0.1) is 12.5 Å². The van der Waals surface area contributed by atoms with E-state index in [1.807, 2.05) is 19.1 Å². The monoisotopic (exact) mass is 486 g/mol. The molecule has 6 aliphatic rings. The first-order valence-electron chi connectivity index (χ1n) is 9.16. The van der Waals surface area contributed by atoms with Gasteiger partial charge in [-0.05, 0) is 96.2 Å². The molecule has 2 aromatic rings. The van der Waals surface area contributed by atoms with Gasteiger partial charge in [-0.3, -0.25) is 4.79 Å². The molecule has 3 bridgehead atoms. The molecule has 0 unspecified atom stereocenters. The van der Waals surface area contributed by atoms with Crippen LogP contribution in [0.15, 0.2) is 12.1 Å². The van der Waals surface area contributed by atoms with Crippen LogP contribution in [0.1, 0.15) is 32.6 Å². The number of esters is 1. The highest BCUT2D eigenvalue weighted by atomic mass is 127. The third kappa shape index (κ3) is 2.32. The van der Waals surface area contributed by atoms with Crippen LogP contribution >= 0.6 is 34.2 Å². The molecule has 3 atom stereocenters. The van der Waals surface area contributed by atoms with Gasteiger partial charge in [-0.25, -0.2) is 4.52 Å². The molecule has 2 heterocycles. The van der Waals surface area contributed by atoms with Crippen LogP contribution in [0, 0.1) is 26.9 Å². The molecule has 0 saturated heterocycles. The molecule has 6 aliphatic carbocycles. The Bertz CT molecular complexity index is 889. The quantitative estimate of drug-likeness (QED) is 0.526. The van der Waals surface area contributed by atoms with Crippen LogP contribution in [-0.4, -0.2) is 33.2 Å². The lowest BCUT2D eigenvalue weighted by Crippen LogP contribution is -2.68. The van der Waals surface area contributed by atoms with Gasteiger partial charge in [-0.2, -0.15) is 4.98 Å². The van der Waals surface area contributed by atoms with Crippen molar-refractivity contribution in [2.75, 3.05) is 11.9 Å². The first-order chi connectivity index (χ1) is 12.5. The Morgan fingerprint density at radius 3 is 3.00 bits per heavy atom. The predicted octanol–water partition coefficient (Wildman–Crippen LogP) is 3.77. The topological polar surface area (TPSA) is 68.5 Å². The Morgan fingerprint density at radius 1 is 1.50 bits per heavy atom. The fourth-order valence-corrected chi connectivity index (χ4v) is 6.38. The maximum atomic E-state index is 12.8. The van der Waals surface area contributed by atoms with Gasteiger partial charge in [0, 0.05) is 6.04 Å². The zero-order chi connectivity index (χ0) is 18.1. The molecule has 0 amide bonds. The molecule has 6 fully saturated rings. The minimum Gasteiger partial charge on any atom is -0.466 e. The molecule has 6 nitrogen and oxygen atoms in total. The molecule has 26 heavy (non-hydrogen) atoms. The summed E-state index contributed by atoms with van der Waals surface area (Å²) >= 11 is 8.39. The van der Waals surface area contributed by atoms with Crippen molar-refractivity contribution in [2.45, 2.75) is 38.6 Å². The molecule has 8 rings (SSSR count). The number of carbonyl (C=O) groups is 1. The van der Waals surface area contributed by atoms with Crippen molar-refractivity contribution in [1.29, 1.82) is 0 Å². The standard InChI is InChI=1S/C18H20ClIN4O2/c1-2-26-16(25)13-10-5-6-18(7-9(10)8-18)14(13)21-15-11-3-4-12(20)24(11)23-17(19)22-15/h3-4,9-10,13-14H,2,5-8H2,1H3,(H,21,22,23)/t9?,10-,13-,14+,18?/m0/s1. The van der Waals surface area contributed by atoms with E-state index >= 15 is 0 Å². The Morgan fingerprint density at radius 2 is 2.31 bits per heavy atom. The summed E-state index contributed by atoms with van der Waals surface area (Å²) in [6.07, 6.45) is 4.72. The summed E-state index contributed by atoms with van der Waals surface area (Å²) in [6, 6.07) is 4.02. The van der Waals surface area contributed by atoms with Gasteiger partial charge in [0.25, 0.3) is 0 Å². The number of nitrogens with zero attached hydrogens (tertiary/aromatic N) is 3. The van der Waals surface area contributed by atoms with Crippen molar-refractivity contribution in [3.8, 4) is 0 Å². The van der Waals surface area contributed by atoms with Crippen molar-refractivity contribution in [3.63, 3.8) is 0 Å². The summed E-state index contributed by atoms with van der Waals surface area (Å²) in [5, 5.41) is 8.10. The normalized spacial score (nSPS) is 34.6. The summed E-state index contributed by atoms with van der Waals surface area (Å²) in [4.78, 5) is 17.2. The van der Waals surface area contributed by atoms with Gasteiger partial charge in [-0.15, -0.1) is 5.10 Å². The minimum atomic E-state index is -0.0981. The Balaban J connectivity index is 1.55. The van der Waals surface area contributed by atoms with E-state index in [-0.39, 0.29) is 28.6 Å². The van der Waals surface area contributed by atoms with Gasteiger partial charge in [0.2, 0.25) is 5.28 Å². The highest BCUT2D eigenvalue weighted by Gasteiger charge is 2.66. The van der Waals surface area contributed by atoms with E-state index in [0.29, 0.717) is 24.3 Å². The second kappa shape index (κ2) is 5.95. The maximum Gasteiger partial charge on any atom is 0.311 e. The third-order valence-electron chi connectivity index (χ3n) is 6.69. The van der Waals surface area contributed by atoms with Gasteiger partial charge in [0.15, 0.2) is 5.82 Å². The molecule has 1 spiro atoms. The van der Waals surface area contributed by atoms with Gasteiger partial charge >= 0.3 is 5.97 Å². The van der Waals surface area contributed by atoms with E-state index < -0.39 is 0 Å². The van der Waals surface area contributed by atoms with Crippen molar-refractivity contribution in [3.05, 3.63) is 21.1 Å². The van der Waals surface area contributed by atoms with E-state index in [1.54, 1.807) is 4.52 Å². The summed E-state index contributed by atoms with van der Waals surface area (Å²) in [5.41, 5.74) is 1.07. The summed E-state index contributed by atoms with van der Waals surface area (Å²) in [5.74, 6) is 1.64. The summed E-state index contributed by atoms with van der Waals surface area (Å²) in [7, 11) is 0. The number of aromatic nitrogens is 3. The summed E-state index contributed by atoms with van der Waals surface area (Å²) in [6.45, 7) is 2.30. The highest BCUT2D eigenvalue weighted by Crippen LogP contribution is 2.68. The average molecular weight is 487 g/mol. The van der Waals surface area contributed by atoms with Crippen LogP contribution in [0.4, 0.5) is 5.82 Å². The lowest BCUT2D eigenvalue weighted by Gasteiger charge is -2.68. The molecular formula is C18H20ClIN4O2. The molecule has 0 aromatic carbocycles. The van der Waals surface area contributed by atoms with Crippen molar-refractivity contribution in [2.24, 2.45) is 23.2 Å². The highest BCUT2D eigenvalue weighted by molar-refractivity contribution is 14.1. The van der Waals surface area contributed by atoms with E-state index in [0.717, 1.165) is 15.6 Å². The molecule has 2 aromatic heterocycles. The molecule has 0 radical (unpaired) electrons. The van der Waals surface area contributed by atoms with Crippen LogP contribution < -0.4 is 5.32 Å². The fraction of sp³-hybridized carbons (Fsp3) is 0.611. The molecule has 1 N–H and O–H groups in total. The van der Waals surface area contributed by atoms with E-state index in [9.17, 15) is 4.79 Å². The lowest BCUT2D eigenvalue weighted by molar-refractivity contribution is -0.186. The number of ether oxygens (including phenoxy) is 1. The number of hydrogen-bond donors (Lipinski definition) is 1. The maximum absolute atomic E-state index is 12.8. The Labute approximate surface area is 170 Å². The van der Waals surface area contributed by atoms with Crippen molar-refractivity contribution >= 4 is 51.5 Å². The van der Waals surface area contributed by atoms with E-state index in [2.05, 4.69) is 38.0 Å². The van der Waals surface area contributed by atoms with Crippen LogP contribution in [-0.2, 0) is 9.53 Å². The van der Waals surface area contributed by atoms with Gasteiger partial charge in [0.1, 0.15) is 9.22 Å². The molecular weight excluding hydrogens is 467 g/mol. The lowest BCUT2D eigenvalue weighted by atomic mass is 9.38. The van der Waals surface area contributed by atoms with Gasteiger partial charge < -0.3 is 10.1 Å². The number of fused-ring (bicyclic) bond motifs is 1. The Hall–Kier alpha value is -1.09. The predicted molar refractivity (Wildman–Crippen MR) is 106 cm³/mol. The van der Waals surface area contributed by atoms with Gasteiger partial charge in [-0.1, -0.05) is 0 Å². The number of halogens is 2. The zero-order valence-electron chi connectivity index (χ0n) is 14.4. The molecule has 138 valence electrons. The van der Waals surface area contributed by atoms with Crippen molar-refractivity contribution in [1.82, 2.24) is 14.6 Å². The first kappa shape index (κ1) is 17.0. The number of nitrogens with one attached hydrogen (secondary N) is 1. The van der Waals surface area contributed by atoms with Crippen LogP contribution in [0.3, 0.4) is 0 Å². The minimum absolute atomic E-state index is 0.0487. The van der Waals surface area contributed by atoms with Crippen LogP contribution in [0.25, 0.3) is 5.52 Å². The number of rotatable bonds is 4. The fourth-order valence-electron chi connectivity index (χ4n) is 5.68. The second-order valence-corrected chi connectivity index (χ2v) is 9.26. The van der Waals surface area contributed by atoms with Crippen LogP contribution in [0.5, 0.6) is 0 Å². The van der Waals surface area contributed by atoms with E-state index in [1.165, 1.54) is 19.3 Å². The summed E-state index contributed by atoms with van der Waals surface area (Å²) < 4.78 is 8.20. The average Bonchev–Trinajstić information content (AvgIpc) is 2.96. The van der Waals surface area contributed by atoms with Crippen LogP contribution in [0.2, 0.25) is 5.28 Å². The SMILES string of the molecule is CCOC(=O)[C@@H]1[C@@H](Nc2nc(Cl)nn3c(I)ccc23)C23CC[C@H]1C(C2)C3.